The third-order valence-electron chi connectivity index (χ3n) is 3.27. The molecule has 3 nitrogen and oxygen atoms in total. The quantitative estimate of drug-likeness (QED) is 0.786. The molecule has 0 aliphatic carbocycles. The summed E-state index contributed by atoms with van der Waals surface area (Å²) in [5.74, 6) is -0.0689. The third-order valence-corrected chi connectivity index (χ3v) is 4.50. The fourth-order valence-electron chi connectivity index (χ4n) is 2.16. The summed E-state index contributed by atoms with van der Waals surface area (Å²) in [4.78, 5) is 17.3. The number of nitrogens with zero attached hydrogens (tertiary/aromatic N) is 2. The van der Waals surface area contributed by atoms with Crippen LogP contribution < -0.4 is 4.80 Å². The highest BCUT2D eigenvalue weighted by atomic mass is 32.1. The van der Waals surface area contributed by atoms with Crippen LogP contribution in [0.1, 0.15) is 38.8 Å². The molecule has 0 fully saturated rings. The third kappa shape index (κ3) is 2.70. The van der Waals surface area contributed by atoms with Crippen LogP contribution in [0.15, 0.2) is 17.1 Å². The maximum absolute atomic E-state index is 12.2. The number of hydrogen-bond donors (Lipinski definition) is 0. The molecule has 20 heavy (non-hydrogen) atoms. The maximum atomic E-state index is 12.2. The molecule has 4 heteroatoms. The second-order valence-corrected chi connectivity index (χ2v) is 7.20. The SMILES string of the molecule is CCn1c(=NC(=O)C(C)(C)C)sc2c(C)cc(C)cc21. The molecular formula is C16H22N2OS. The van der Waals surface area contributed by atoms with Crippen LogP contribution >= 0.6 is 11.3 Å². The number of amides is 1. The first-order chi connectivity index (χ1) is 9.24. The van der Waals surface area contributed by atoms with Gasteiger partial charge < -0.3 is 4.57 Å². The molecule has 0 atom stereocenters. The molecule has 1 amide bonds. The smallest absolute Gasteiger partial charge is 0.253 e. The maximum Gasteiger partial charge on any atom is 0.253 e. The van der Waals surface area contributed by atoms with Crippen molar-refractivity contribution in [2.75, 3.05) is 0 Å². The first-order valence-electron chi connectivity index (χ1n) is 6.93. The summed E-state index contributed by atoms with van der Waals surface area (Å²) in [6.07, 6.45) is 0. The summed E-state index contributed by atoms with van der Waals surface area (Å²) in [7, 11) is 0. The van der Waals surface area contributed by atoms with E-state index in [9.17, 15) is 4.79 Å². The first kappa shape index (κ1) is 15.0. The normalized spacial score (nSPS) is 13.2. The Kier molecular flexibility index (Phi) is 3.87. The van der Waals surface area contributed by atoms with Crippen molar-refractivity contribution in [1.29, 1.82) is 0 Å². The van der Waals surface area contributed by atoms with Crippen molar-refractivity contribution in [2.45, 2.75) is 48.1 Å². The van der Waals surface area contributed by atoms with Crippen LogP contribution in [0.25, 0.3) is 10.2 Å². The Morgan fingerprint density at radius 3 is 2.50 bits per heavy atom. The summed E-state index contributed by atoms with van der Waals surface area (Å²) < 4.78 is 3.35. The lowest BCUT2D eigenvalue weighted by molar-refractivity contribution is -0.125. The van der Waals surface area contributed by atoms with Crippen LogP contribution in [0.2, 0.25) is 0 Å². The van der Waals surface area contributed by atoms with Gasteiger partial charge in [-0.1, -0.05) is 38.2 Å². The number of rotatable bonds is 1. The zero-order valence-electron chi connectivity index (χ0n) is 13.1. The second-order valence-electron chi connectivity index (χ2n) is 6.23. The molecule has 108 valence electrons. The number of benzene rings is 1. The van der Waals surface area contributed by atoms with Gasteiger partial charge in [-0.25, -0.2) is 0 Å². The summed E-state index contributed by atoms with van der Waals surface area (Å²) in [5, 5.41) is 0. The minimum absolute atomic E-state index is 0.0689. The molecule has 1 aromatic heterocycles. The number of carbonyl (C=O) groups excluding carboxylic acids is 1. The molecule has 1 aromatic carbocycles. The number of carbonyl (C=O) groups is 1. The van der Waals surface area contributed by atoms with Gasteiger partial charge in [0.1, 0.15) is 0 Å². The molecule has 0 radical (unpaired) electrons. The van der Waals surface area contributed by atoms with Gasteiger partial charge in [0, 0.05) is 12.0 Å². The predicted molar refractivity (Wildman–Crippen MR) is 85.0 cm³/mol. The summed E-state index contributed by atoms with van der Waals surface area (Å²) in [6.45, 7) is 12.8. The van der Waals surface area contributed by atoms with E-state index >= 15 is 0 Å². The van der Waals surface area contributed by atoms with Gasteiger partial charge in [-0.15, -0.1) is 0 Å². The van der Waals surface area contributed by atoms with Gasteiger partial charge in [-0.3, -0.25) is 4.79 Å². The number of fused-ring (bicyclic) bond motifs is 1. The van der Waals surface area contributed by atoms with Gasteiger partial charge in [0.2, 0.25) is 0 Å². The standard InChI is InChI=1S/C16H22N2OS/c1-7-18-12-9-10(2)8-11(3)13(12)20-15(18)17-14(19)16(4,5)6/h8-9H,7H2,1-6H3. The number of aryl methyl sites for hydroxylation is 3. The highest BCUT2D eigenvalue weighted by Gasteiger charge is 2.21. The predicted octanol–water partition coefficient (Wildman–Crippen LogP) is 3.81. The monoisotopic (exact) mass is 290 g/mol. The Morgan fingerprint density at radius 1 is 1.30 bits per heavy atom. The van der Waals surface area contributed by atoms with Crippen molar-refractivity contribution >= 4 is 27.5 Å². The lowest BCUT2D eigenvalue weighted by atomic mass is 9.96. The molecule has 0 spiro atoms. The fraction of sp³-hybridized carbons (Fsp3) is 0.500. The van der Waals surface area contributed by atoms with Gasteiger partial charge >= 0.3 is 0 Å². The van der Waals surface area contributed by atoms with Gasteiger partial charge in [0.05, 0.1) is 10.2 Å². The lowest BCUT2D eigenvalue weighted by Gasteiger charge is -2.11. The van der Waals surface area contributed by atoms with Crippen molar-refractivity contribution in [3.63, 3.8) is 0 Å². The number of thiazole rings is 1. The Hall–Kier alpha value is -1.42. The van der Waals surface area contributed by atoms with Crippen LogP contribution in [0.3, 0.4) is 0 Å². The highest BCUT2D eigenvalue weighted by molar-refractivity contribution is 7.16. The van der Waals surface area contributed by atoms with Crippen LogP contribution in [0, 0.1) is 19.3 Å². The van der Waals surface area contributed by atoms with Crippen molar-refractivity contribution in [2.24, 2.45) is 10.4 Å². The van der Waals surface area contributed by atoms with Crippen LogP contribution in [0.4, 0.5) is 0 Å². The molecule has 0 saturated heterocycles. The Balaban J connectivity index is 2.75. The van der Waals surface area contributed by atoms with E-state index < -0.39 is 5.41 Å². The van der Waals surface area contributed by atoms with Gasteiger partial charge in [-0.05, 0) is 38.0 Å². The van der Waals surface area contributed by atoms with Gasteiger partial charge in [-0.2, -0.15) is 4.99 Å². The second kappa shape index (κ2) is 5.17. The van der Waals surface area contributed by atoms with Crippen molar-refractivity contribution in [3.8, 4) is 0 Å². The van der Waals surface area contributed by atoms with E-state index in [1.54, 1.807) is 11.3 Å². The van der Waals surface area contributed by atoms with Crippen molar-refractivity contribution in [3.05, 3.63) is 28.1 Å². The molecular weight excluding hydrogens is 268 g/mol. The molecule has 2 aromatic rings. The molecule has 0 saturated carbocycles. The molecule has 1 heterocycles. The molecule has 0 aliphatic rings. The summed E-state index contributed by atoms with van der Waals surface area (Å²) in [5.41, 5.74) is 3.23. The fourth-order valence-corrected chi connectivity index (χ4v) is 3.30. The minimum Gasteiger partial charge on any atom is -0.317 e. The van der Waals surface area contributed by atoms with Crippen LogP contribution in [-0.4, -0.2) is 10.5 Å². The van der Waals surface area contributed by atoms with Crippen molar-refractivity contribution in [1.82, 2.24) is 4.57 Å². The topological polar surface area (TPSA) is 34.4 Å². The van der Waals surface area contributed by atoms with E-state index in [0.29, 0.717) is 0 Å². The van der Waals surface area contributed by atoms with Crippen LogP contribution in [0.5, 0.6) is 0 Å². The van der Waals surface area contributed by atoms with E-state index in [0.717, 1.165) is 11.3 Å². The van der Waals surface area contributed by atoms with E-state index in [1.807, 2.05) is 20.8 Å². The van der Waals surface area contributed by atoms with E-state index in [2.05, 4.69) is 42.5 Å². The Labute approximate surface area is 124 Å². The summed E-state index contributed by atoms with van der Waals surface area (Å²) in [6, 6.07) is 4.34. The molecule has 0 bridgehead atoms. The Morgan fingerprint density at radius 2 is 1.95 bits per heavy atom. The summed E-state index contributed by atoms with van der Waals surface area (Å²) >= 11 is 1.60. The zero-order valence-corrected chi connectivity index (χ0v) is 13.9. The van der Waals surface area contributed by atoms with E-state index in [1.165, 1.54) is 21.3 Å². The minimum atomic E-state index is -0.438. The molecule has 0 N–H and O–H groups in total. The number of aromatic nitrogens is 1. The van der Waals surface area contributed by atoms with E-state index in [4.69, 9.17) is 0 Å². The largest absolute Gasteiger partial charge is 0.317 e. The first-order valence-corrected chi connectivity index (χ1v) is 7.75. The highest BCUT2D eigenvalue weighted by Crippen LogP contribution is 2.24. The van der Waals surface area contributed by atoms with Crippen LogP contribution in [-0.2, 0) is 11.3 Å². The number of hydrogen-bond acceptors (Lipinski definition) is 2. The molecule has 0 unspecified atom stereocenters. The lowest BCUT2D eigenvalue weighted by Crippen LogP contribution is -2.23. The zero-order chi connectivity index (χ0) is 15.1. The molecule has 0 aliphatic heterocycles. The van der Waals surface area contributed by atoms with E-state index in [-0.39, 0.29) is 5.91 Å². The average molecular weight is 290 g/mol. The van der Waals surface area contributed by atoms with Crippen molar-refractivity contribution < 1.29 is 4.79 Å². The van der Waals surface area contributed by atoms with Gasteiger partial charge in [0.25, 0.3) is 5.91 Å². The molecule has 2 rings (SSSR count). The average Bonchev–Trinajstić information content (AvgIpc) is 2.65. The Bertz CT molecular complexity index is 729. The van der Waals surface area contributed by atoms with Gasteiger partial charge in [0.15, 0.2) is 4.80 Å².